The average Bonchev–Trinajstić information content (AvgIpc) is 2.93. The van der Waals surface area contributed by atoms with Crippen LogP contribution in [0, 0.1) is 5.92 Å². The van der Waals surface area contributed by atoms with E-state index >= 15 is 0 Å². The molecule has 200 valence electrons. The van der Waals surface area contributed by atoms with E-state index in [0.29, 0.717) is 17.8 Å². The second-order valence-electron chi connectivity index (χ2n) is 11.8. The fourth-order valence-corrected chi connectivity index (χ4v) is 7.82. The molecule has 0 spiro atoms. The lowest BCUT2D eigenvalue weighted by atomic mass is 9.52. The SMILES string of the molecule is CCOC(=O)C1(c2ccccc2)CCN(C)CC1.CN1CC[C@]23CCCC[C@H]2[C@H]1Cc1ccc(O)cc13. The first kappa shape index (κ1) is 26.2. The Morgan fingerprint density at radius 3 is 2.49 bits per heavy atom. The monoisotopic (exact) mass is 504 g/mol. The lowest BCUT2D eigenvalue weighted by molar-refractivity contribution is -0.152. The second kappa shape index (κ2) is 10.8. The van der Waals surface area contributed by atoms with E-state index in [2.05, 4.69) is 36.0 Å². The fourth-order valence-electron chi connectivity index (χ4n) is 7.82. The molecule has 5 nitrogen and oxygen atoms in total. The third-order valence-corrected chi connectivity index (χ3v) is 9.93. The molecule has 2 aliphatic carbocycles. The number of carbonyl (C=O) groups excluding carboxylic acids is 1. The molecular formula is C32H44N2O3. The normalized spacial score (nSPS) is 28.7. The van der Waals surface area contributed by atoms with Crippen LogP contribution >= 0.6 is 0 Å². The standard InChI is InChI=1S/C17H23NO.C15H21NO2/c1-18-9-8-17-7-3-2-4-14(17)16(18)10-12-5-6-13(19)11-15(12)17;1-3-18-14(17)15(9-11-16(2)12-10-15)13-7-5-4-6-8-13/h5-6,11,14,16,19H,2-4,7-10H2,1H3;4-8H,3,9-12H2,1-2H3/t14-,16+,17+;/m0./s1. The van der Waals surface area contributed by atoms with Crippen molar-refractivity contribution in [1.29, 1.82) is 0 Å². The van der Waals surface area contributed by atoms with E-state index in [9.17, 15) is 9.90 Å². The minimum Gasteiger partial charge on any atom is -0.508 e. The summed E-state index contributed by atoms with van der Waals surface area (Å²) in [5.41, 5.74) is 4.01. The van der Waals surface area contributed by atoms with Crippen LogP contribution in [-0.4, -0.2) is 67.3 Å². The number of rotatable bonds is 3. The molecule has 4 aliphatic rings. The number of carbonyl (C=O) groups is 1. The molecule has 0 unspecified atom stereocenters. The van der Waals surface area contributed by atoms with Crippen molar-refractivity contribution in [2.45, 2.75) is 75.2 Å². The Bertz CT molecular complexity index is 1080. The smallest absolute Gasteiger partial charge is 0.316 e. The van der Waals surface area contributed by atoms with Gasteiger partial charge in [0.25, 0.3) is 0 Å². The zero-order chi connectivity index (χ0) is 26.0. The van der Waals surface area contributed by atoms with Crippen LogP contribution in [0.2, 0.25) is 0 Å². The van der Waals surface area contributed by atoms with Gasteiger partial charge in [-0.15, -0.1) is 0 Å². The van der Waals surface area contributed by atoms with Crippen molar-refractivity contribution in [3.8, 4) is 5.75 Å². The largest absolute Gasteiger partial charge is 0.508 e. The molecule has 3 fully saturated rings. The van der Waals surface area contributed by atoms with E-state index in [-0.39, 0.29) is 5.97 Å². The zero-order valence-corrected chi connectivity index (χ0v) is 22.9. The minimum absolute atomic E-state index is 0.0655. The van der Waals surface area contributed by atoms with E-state index in [4.69, 9.17) is 4.74 Å². The van der Waals surface area contributed by atoms with Gasteiger partial charge in [0.05, 0.1) is 12.0 Å². The summed E-state index contributed by atoms with van der Waals surface area (Å²) in [6.07, 6.45) is 9.61. The number of piperidine rings is 2. The van der Waals surface area contributed by atoms with Gasteiger partial charge in [-0.25, -0.2) is 0 Å². The fraction of sp³-hybridized carbons (Fsp3) is 0.594. The van der Waals surface area contributed by atoms with Gasteiger partial charge in [-0.2, -0.15) is 0 Å². The highest BCUT2D eigenvalue weighted by molar-refractivity contribution is 5.83. The molecule has 2 aliphatic heterocycles. The molecule has 1 saturated carbocycles. The van der Waals surface area contributed by atoms with E-state index in [1.165, 1.54) is 56.2 Å². The van der Waals surface area contributed by atoms with Crippen LogP contribution in [0.25, 0.3) is 0 Å². The van der Waals surface area contributed by atoms with Gasteiger partial charge in [0, 0.05) is 11.5 Å². The van der Waals surface area contributed by atoms with Crippen LogP contribution in [0.15, 0.2) is 48.5 Å². The summed E-state index contributed by atoms with van der Waals surface area (Å²) in [7, 11) is 4.40. The topological polar surface area (TPSA) is 53.0 Å². The number of likely N-dealkylation sites (tertiary alicyclic amines) is 2. The summed E-state index contributed by atoms with van der Waals surface area (Å²) < 4.78 is 5.32. The van der Waals surface area contributed by atoms with Gasteiger partial charge in [-0.3, -0.25) is 4.79 Å². The molecule has 37 heavy (non-hydrogen) atoms. The van der Waals surface area contributed by atoms with Gasteiger partial charge in [-0.1, -0.05) is 49.2 Å². The van der Waals surface area contributed by atoms with Crippen molar-refractivity contribution in [2.75, 3.05) is 40.3 Å². The Kier molecular flexibility index (Phi) is 7.65. The molecule has 2 aromatic carbocycles. The molecule has 0 radical (unpaired) electrons. The number of hydrogen-bond acceptors (Lipinski definition) is 5. The molecule has 3 atom stereocenters. The van der Waals surface area contributed by atoms with Crippen LogP contribution in [0.4, 0.5) is 0 Å². The van der Waals surface area contributed by atoms with Gasteiger partial charge in [0.15, 0.2) is 0 Å². The maximum atomic E-state index is 12.4. The highest BCUT2D eigenvalue weighted by atomic mass is 16.5. The number of aromatic hydroxyl groups is 1. The summed E-state index contributed by atoms with van der Waals surface area (Å²) in [6.45, 7) is 5.41. The van der Waals surface area contributed by atoms with E-state index in [0.717, 1.165) is 43.5 Å². The van der Waals surface area contributed by atoms with Crippen molar-refractivity contribution in [1.82, 2.24) is 9.80 Å². The second-order valence-corrected chi connectivity index (χ2v) is 11.8. The first-order chi connectivity index (χ1) is 17.9. The number of hydrogen-bond donors (Lipinski definition) is 1. The molecule has 2 bridgehead atoms. The number of phenolic OH excluding ortho intramolecular Hbond substituents is 1. The van der Waals surface area contributed by atoms with Crippen molar-refractivity contribution in [3.05, 3.63) is 65.2 Å². The number of phenols is 1. The summed E-state index contributed by atoms with van der Waals surface area (Å²) in [4.78, 5) is 17.2. The van der Waals surface area contributed by atoms with Crippen LogP contribution in [0.5, 0.6) is 5.75 Å². The number of nitrogens with zero attached hydrogens (tertiary/aromatic N) is 2. The van der Waals surface area contributed by atoms with Gasteiger partial charge in [0.1, 0.15) is 5.75 Å². The summed E-state index contributed by atoms with van der Waals surface area (Å²) >= 11 is 0. The Balaban J connectivity index is 0.000000152. The molecule has 0 amide bonds. The number of ether oxygens (including phenoxy) is 1. The lowest BCUT2D eigenvalue weighted by Crippen LogP contribution is -2.59. The lowest BCUT2D eigenvalue weighted by Gasteiger charge is -2.58. The van der Waals surface area contributed by atoms with Gasteiger partial charge >= 0.3 is 5.97 Å². The van der Waals surface area contributed by atoms with Crippen molar-refractivity contribution < 1.29 is 14.6 Å². The Hall–Kier alpha value is -2.37. The molecule has 5 heteroatoms. The molecular weight excluding hydrogens is 460 g/mol. The summed E-state index contributed by atoms with van der Waals surface area (Å²) in [5.74, 6) is 1.20. The van der Waals surface area contributed by atoms with E-state index in [1.54, 1.807) is 0 Å². The quantitative estimate of drug-likeness (QED) is 0.576. The van der Waals surface area contributed by atoms with Crippen LogP contribution < -0.4 is 0 Å². The van der Waals surface area contributed by atoms with Crippen LogP contribution in [0.1, 0.15) is 68.6 Å². The Labute approximate surface area is 222 Å². The number of likely N-dealkylation sites (N-methyl/N-ethyl adjacent to an activating group) is 1. The van der Waals surface area contributed by atoms with Gasteiger partial charge in [-0.05, 0) is 114 Å². The van der Waals surface area contributed by atoms with E-state index in [1.807, 2.05) is 43.3 Å². The maximum Gasteiger partial charge on any atom is 0.316 e. The van der Waals surface area contributed by atoms with Gasteiger partial charge in [0.2, 0.25) is 0 Å². The molecule has 2 heterocycles. The Morgan fingerprint density at radius 2 is 1.76 bits per heavy atom. The molecule has 1 N–H and O–H groups in total. The van der Waals surface area contributed by atoms with E-state index < -0.39 is 5.41 Å². The highest BCUT2D eigenvalue weighted by Crippen LogP contribution is 2.55. The number of benzene rings is 2. The van der Waals surface area contributed by atoms with Crippen LogP contribution in [-0.2, 0) is 26.8 Å². The molecule has 0 aromatic heterocycles. The molecule has 2 saturated heterocycles. The summed E-state index contributed by atoms with van der Waals surface area (Å²) in [6, 6.07) is 16.9. The van der Waals surface area contributed by atoms with Crippen molar-refractivity contribution in [2.24, 2.45) is 5.92 Å². The van der Waals surface area contributed by atoms with Crippen LogP contribution in [0.3, 0.4) is 0 Å². The first-order valence-corrected chi connectivity index (χ1v) is 14.3. The average molecular weight is 505 g/mol. The number of esters is 1. The first-order valence-electron chi connectivity index (χ1n) is 14.3. The zero-order valence-electron chi connectivity index (χ0n) is 22.9. The maximum absolute atomic E-state index is 12.4. The van der Waals surface area contributed by atoms with Crippen molar-refractivity contribution >= 4 is 5.97 Å². The third-order valence-electron chi connectivity index (χ3n) is 9.93. The predicted molar refractivity (Wildman–Crippen MR) is 148 cm³/mol. The van der Waals surface area contributed by atoms with Crippen molar-refractivity contribution in [3.63, 3.8) is 0 Å². The molecule has 2 aromatic rings. The third kappa shape index (κ3) is 4.81. The Morgan fingerprint density at radius 1 is 1.00 bits per heavy atom. The highest BCUT2D eigenvalue weighted by Gasteiger charge is 2.53. The number of fused-ring (bicyclic) bond motifs is 1. The minimum atomic E-state index is -0.441. The molecule has 6 rings (SSSR count). The summed E-state index contributed by atoms with van der Waals surface area (Å²) in [5, 5.41) is 9.91. The van der Waals surface area contributed by atoms with Gasteiger partial charge < -0.3 is 19.6 Å². The predicted octanol–water partition coefficient (Wildman–Crippen LogP) is 5.29.